The van der Waals surface area contributed by atoms with E-state index in [1.165, 1.54) is 6.20 Å². The SMILES string of the molecule is COc1c(C(C)C)cc(Nc2nc(N3CCCC(N)C3)ncc2C(N)=O)cc1C(C)C. The molecular weight excluding hydrogens is 392 g/mol. The summed E-state index contributed by atoms with van der Waals surface area (Å²) in [7, 11) is 1.70. The minimum absolute atomic E-state index is 0.0911. The molecule has 1 aromatic carbocycles. The van der Waals surface area contributed by atoms with Crippen LogP contribution < -0.4 is 26.4 Å². The van der Waals surface area contributed by atoms with Crippen LogP contribution in [0.4, 0.5) is 17.5 Å². The maximum absolute atomic E-state index is 12.1. The topological polar surface area (TPSA) is 119 Å². The molecule has 3 rings (SSSR count). The molecule has 5 N–H and O–H groups in total. The maximum atomic E-state index is 12.1. The molecule has 1 unspecified atom stereocenters. The minimum atomic E-state index is -0.578. The van der Waals surface area contributed by atoms with Gasteiger partial charge >= 0.3 is 0 Å². The number of piperidine rings is 1. The Balaban J connectivity index is 2.04. The molecule has 1 saturated heterocycles. The first-order valence-corrected chi connectivity index (χ1v) is 10.9. The van der Waals surface area contributed by atoms with Crippen molar-refractivity contribution in [2.75, 3.05) is 30.4 Å². The van der Waals surface area contributed by atoms with Crippen LogP contribution in [-0.4, -0.2) is 42.1 Å². The normalized spacial score (nSPS) is 16.6. The van der Waals surface area contributed by atoms with Crippen molar-refractivity contribution in [3.63, 3.8) is 0 Å². The third kappa shape index (κ3) is 5.07. The van der Waals surface area contributed by atoms with Crippen LogP contribution in [0.1, 0.15) is 73.9 Å². The zero-order chi connectivity index (χ0) is 22.7. The van der Waals surface area contributed by atoms with Crippen LogP contribution in [0.5, 0.6) is 5.75 Å². The number of nitrogens with two attached hydrogens (primary N) is 2. The number of ether oxygens (including phenoxy) is 1. The van der Waals surface area contributed by atoms with Gasteiger partial charge in [0.25, 0.3) is 5.91 Å². The second kappa shape index (κ2) is 9.51. The smallest absolute Gasteiger partial charge is 0.254 e. The summed E-state index contributed by atoms with van der Waals surface area (Å²) >= 11 is 0. The van der Waals surface area contributed by atoms with Crippen LogP contribution in [-0.2, 0) is 0 Å². The van der Waals surface area contributed by atoms with Gasteiger partial charge in [-0.1, -0.05) is 27.7 Å². The maximum Gasteiger partial charge on any atom is 0.254 e. The largest absolute Gasteiger partial charge is 0.496 e. The Bertz CT molecular complexity index is 915. The van der Waals surface area contributed by atoms with Crippen LogP contribution in [0.2, 0.25) is 0 Å². The number of methoxy groups -OCH3 is 1. The molecule has 31 heavy (non-hydrogen) atoms. The molecule has 0 bridgehead atoms. The van der Waals surface area contributed by atoms with Gasteiger partial charge in [-0.15, -0.1) is 0 Å². The van der Waals surface area contributed by atoms with Crippen molar-refractivity contribution in [1.29, 1.82) is 0 Å². The first-order valence-electron chi connectivity index (χ1n) is 10.9. The molecule has 168 valence electrons. The fraction of sp³-hybridized carbons (Fsp3) is 0.522. The first-order chi connectivity index (χ1) is 14.7. The van der Waals surface area contributed by atoms with Gasteiger partial charge in [-0.05, 0) is 47.9 Å². The van der Waals surface area contributed by atoms with Crippen LogP contribution >= 0.6 is 0 Å². The summed E-state index contributed by atoms with van der Waals surface area (Å²) in [5, 5.41) is 3.32. The fourth-order valence-electron chi connectivity index (χ4n) is 3.97. The number of benzene rings is 1. The standard InChI is InChI=1S/C23H34N6O2/c1-13(2)17-9-16(10-18(14(3)4)20(17)31-5)27-22-19(21(25)30)11-26-23(28-22)29-8-6-7-15(24)12-29/h9-11,13-15H,6-8,12,24H2,1-5H3,(H2,25,30)(H,26,27,28). The molecule has 0 radical (unpaired) electrons. The van der Waals surface area contributed by atoms with Gasteiger partial charge in [0.1, 0.15) is 17.1 Å². The van der Waals surface area contributed by atoms with Gasteiger partial charge < -0.3 is 26.4 Å². The van der Waals surface area contributed by atoms with Crippen molar-refractivity contribution in [1.82, 2.24) is 9.97 Å². The van der Waals surface area contributed by atoms with E-state index in [9.17, 15) is 4.79 Å². The summed E-state index contributed by atoms with van der Waals surface area (Å²) in [6.45, 7) is 10.0. The summed E-state index contributed by atoms with van der Waals surface area (Å²) in [6, 6.07) is 4.17. The average Bonchev–Trinajstić information content (AvgIpc) is 2.72. The van der Waals surface area contributed by atoms with Crippen molar-refractivity contribution in [3.8, 4) is 5.75 Å². The molecule has 1 aliphatic rings. The van der Waals surface area contributed by atoms with E-state index in [0.29, 0.717) is 18.3 Å². The summed E-state index contributed by atoms with van der Waals surface area (Å²) in [4.78, 5) is 23.1. The highest BCUT2D eigenvalue weighted by Crippen LogP contribution is 2.38. The lowest BCUT2D eigenvalue weighted by atomic mass is 9.93. The Kier molecular flexibility index (Phi) is 7.00. The molecule has 2 aromatic rings. The Morgan fingerprint density at radius 3 is 2.39 bits per heavy atom. The number of nitrogens with zero attached hydrogens (tertiary/aromatic N) is 3. The zero-order valence-electron chi connectivity index (χ0n) is 19.1. The van der Waals surface area contributed by atoms with Crippen molar-refractivity contribution in [2.45, 2.75) is 58.4 Å². The first kappa shape index (κ1) is 22.8. The van der Waals surface area contributed by atoms with E-state index in [-0.39, 0.29) is 23.4 Å². The zero-order valence-corrected chi connectivity index (χ0v) is 19.1. The third-order valence-electron chi connectivity index (χ3n) is 5.64. The number of carbonyl (C=O) groups excluding carboxylic acids is 1. The minimum Gasteiger partial charge on any atom is -0.496 e. The summed E-state index contributed by atoms with van der Waals surface area (Å²) < 4.78 is 5.73. The lowest BCUT2D eigenvalue weighted by Crippen LogP contribution is -2.43. The Morgan fingerprint density at radius 1 is 1.23 bits per heavy atom. The van der Waals surface area contributed by atoms with Crippen LogP contribution in [0, 0.1) is 0 Å². The number of anilines is 3. The molecule has 8 nitrogen and oxygen atoms in total. The van der Waals surface area contributed by atoms with Gasteiger partial charge in [-0.25, -0.2) is 4.98 Å². The van der Waals surface area contributed by atoms with Crippen molar-refractivity contribution in [3.05, 3.63) is 35.0 Å². The second-order valence-electron chi connectivity index (χ2n) is 8.77. The molecule has 1 atom stereocenters. The van der Waals surface area contributed by atoms with E-state index in [1.807, 2.05) is 12.1 Å². The van der Waals surface area contributed by atoms with Gasteiger partial charge in [0.2, 0.25) is 5.95 Å². The summed E-state index contributed by atoms with van der Waals surface area (Å²) in [6.07, 6.45) is 3.46. The predicted molar refractivity (Wildman–Crippen MR) is 124 cm³/mol. The van der Waals surface area contributed by atoms with Crippen molar-refractivity contribution in [2.24, 2.45) is 11.5 Å². The quantitative estimate of drug-likeness (QED) is 0.620. The average molecular weight is 427 g/mol. The number of aromatic nitrogens is 2. The van der Waals surface area contributed by atoms with Gasteiger partial charge in [0.05, 0.1) is 7.11 Å². The number of rotatable bonds is 7. The third-order valence-corrected chi connectivity index (χ3v) is 5.64. The van der Waals surface area contributed by atoms with Crippen LogP contribution in [0.3, 0.4) is 0 Å². The molecule has 2 heterocycles. The summed E-state index contributed by atoms with van der Waals surface area (Å²) in [5.41, 5.74) is 15.0. The lowest BCUT2D eigenvalue weighted by molar-refractivity contribution is 0.100. The molecule has 1 aliphatic heterocycles. The molecular formula is C23H34N6O2. The van der Waals surface area contributed by atoms with E-state index in [2.05, 4.69) is 47.9 Å². The number of carbonyl (C=O) groups is 1. The highest BCUT2D eigenvalue weighted by atomic mass is 16.5. The van der Waals surface area contributed by atoms with E-state index in [4.69, 9.17) is 16.2 Å². The lowest BCUT2D eigenvalue weighted by Gasteiger charge is -2.31. The molecule has 1 fully saturated rings. The number of amides is 1. The van der Waals surface area contributed by atoms with Crippen LogP contribution in [0.15, 0.2) is 18.3 Å². The number of hydrogen-bond donors (Lipinski definition) is 3. The molecule has 0 saturated carbocycles. The highest BCUT2D eigenvalue weighted by Gasteiger charge is 2.22. The van der Waals surface area contributed by atoms with Crippen molar-refractivity contribution >= 4 is 23.4 Å². The highest BCUT2D eigenvalue weighted by molar-refractivity contribution is 5.98. The predicted octanol–water partition coefficient (Wildman–Crippen LogP) is 3.50. The Morgan fingerprint density at radius 2 is 1.87 bits per heavy atom. The monoisotopic (exact) mass is 426 g/mol. The van der Waals surface area contributed by atoms with Crippen molar-refractivity contribution < 1.29 is 9.53 Å². The van der Waals surface area contributed by atoms with Gasteiger partial charge in [-0.3, -0.25) is 4.79 Å². The second-order valence-corrected chi connectivity index (χ2v) is 8.77. The molecule has 8 heteroatoms. The van der Waals surface area contributed by atoms with E-state index in [0.717, 1.165) is 42.0 Å². The van der Waals surface area contributed by atoms with Gasteiger partial charge in [-0.2, -0.15) is 4.98 Å². The van der Waals surface area contributed by atoms with Crippen LogP contribution in [0.25, 0.3) is 0 Å². The van der Waals surface area contributed by atoms with Gasteiger partial charge in [0, 0.05) is 31.0 Å². The van der Waals surface area contributed by atoms with E-state index < -0.39 is 5.91 Å². The van der Waals surface area contributed by atoms with Gasteiger partial charge in [0.15, 0.2) is 0 Å². The number of nitrogens with one attached hydrogen (secondary N) is 1. The number of primary amides is 1. The number of hydrogen-bond acceptors (Lipinski definition) is 7. The Hall–Kier alpha value is -2.87. The fourth-order valence-corrected chi connectivity index (χ4v) is 3.97. The molecule has 1 amide bonds. The summed E-state index contributed by atoms with van der Waals surface area (Å²) in [5.74, 6) is 1.79. The molecule has 0 spiro atoms. The van der Waals surface area contributed by atoms with E-state index >= 15 is 0 Å². The Labute approximate surface area is 184 Å². The molecule has 0 aliphatic carbocycles. The van der Waals surface area contributed by atoms with E-state index in [1.54, 1.807) is 7.11 Å². The molecule has 1 aromatic heterocycles.